The van der Waals surface area contributed by atoms with Crippen molar-refractivity contribution in [1.82, 2.24) is 20.5 Å². The second-order valence-electron chi connectivity index (χ2n) is 5.74. The predicted octanol–water partition coefficient (Wildman–Crippen LogP) is 2.67. The summed E-state index contributed by atoms with van der Waals surface area (Å²) in [6.07, 6.45) is 6.48. The number of guanidine groups is 1. The molecule has 1 heterocycles. The summed E-state index contributed by atoms with van der Waals surface area (Å²) < 4.78 is 0. The van der Waals surface area contributed by atoms with Gasteiger partial charge in [0.2, 0.25) is 0 Å². The van der Waals surface area contributed by atoms with E-state index >= 15 is 0 Å². The fraction of sp³-hybridized carbons (Fsp3) is 0.765. The molecular weight excluding hydrogens is 306 g/mol. The molecule has 1 aromatic heterocycles. The summed E-state index contributed by atoms with van der Waals surface area (Å²) in [5, 5.41) is 7.93. The topological polar surface area (TPSA) is 52.5 Å². The van der Waals surface area contributed by atoms with Crippen LogP contribution in [0.15, 0.2) is 11.2 Å². The van der Waals surface area contributed by atoms with Crippen molar-refractivity contribution in [2.45, 2.75) is 46.5 Å². The Morgan fingerprint density at radius 1 is 1.17 bits per heavy atom. The van der Waals surface area contributed by atoms with E-state index in [4.69, 9.17) is 0 Å². The van der Waals surface area contributed by atoms with Crippen molar-refractivity contribution in [1.29, 1.82) is 0 Å². The van der Waals surface area contributed by atoms with Gasteiger partial charge in [-0.1, -0.05) is 13.8 Å². The number of hydrogen-bond donors (Lipinski definition) is 2. The van der Waals surface area contributed by atoms with E-state index in [0.717, 1.165) is 38.4 Å². The van der Waals surface area contributed by atoms with Crippen LogP contribution in [0.5, 0.6) is 0 Å². The fourth-order valence-electron chi connectivity index (χ4n) is 2.50. The van der Waals surface area contributed by atoms with E-state index in [1.165, 1.54) is 35.8 Å². The number of aliphatic imine (C=N–C) groups is 1. The smallest absolute Gasteiger partial charge is 0.190 e. The first kappa shape index (κ1) is 19.9. The molecule has 0 unspecified atom stereocenters. The standard InChI is InChI=1S/C17H33N5S/c1-5-11-22(12-6-2)13-7-9-19-17(18-4)20-10-8-16-21-14-15(3)23-16/h14H,5-13H2,1-4H3,(H2,18,19,20). The maximum absolute atomic E-state index is 4.38. The Bertz CT molecular complexity index is 438. The largest absolute Gasteiger partial charge is 0.356 e. The predicted molar refractivity (Wildman–Crippen MR) is 102 cm³/mol. The summed E-state index contributed by atoms with van der Waals surface area (Å²) in [6.45, 7) is 12.0. The van der Waals surface area contributed by atoms with Crippen LogP contribution >= 0.6 is 11.3 Å². The first-order chi connectivity index (χ1) is 11.2. The van der Waals surface area contributed by atoms with Crippen LogP contribution in [-0.2, 0) is 6.42 Å². The summed E-state index contributed by atoms with van der Waals surface area (Å²) in [7, 11) is 1.82. The van der Waals surface area contributed by atoms with E-state index in [1.807, 2.05) is 13.2 Å². The molecule has 0 radical (unpaired) electrons. The zero-order valence-electron chi connectivity index (χ0n) is 15.2. The lowest BCUT2D eigenvalue weighted by Gasteiger charge is -2.21. The van der Waals surface area contributed by atoms with Crippen LogP contribution in [0.4, 0.5) is 0 Å². The maximum atomic E-state index is 4.38. The van der Waals surface area contributed by atoms with Gasteiger partial charge >= 0.3 is 0 Å². The molecule has 0 spiro atoms. The van der Waals surface area contributed by atoms with Crippen molar-refractivity contribution < 1.29 is 0 Å². The molecule has 1 rings (SSSR count). The quantitative estimate of drug-likeness (QED) is 0.370. The van der Waals surface area contributed by atoms with Gasteiger partial charge < -0.3 is 15.5 Å². The van der Waals surface area contributed by atoms with Crippen LogP contribution in [0.2, 0.25) is 0 Å². The molecule has 0 atom stereocenters. The first-order valence-corrected chi connectivity index (χ1v) is 9.59. The zero-order chi connectivity index (χ0) is 16.9. The molecule has 0 fully saturated rings. The minimum Gasteiger partial charge on any atom is -0.356 e. The normalized spacial score (nSPS) is 12.0. The number of thiazole rings is 1. The minimum atomic E-state index is 0.865. The van der Waals surface area contributed by atoms with E-state index in [1.54, 1.807) is 11.3 Å². The average molecular weight is 340 g/mol. The Morgan fingerprint density at radius 3 is 2.43 bits per heavy atom. The van der Waals surface area contributed by atoms with E-state index in [9.17, 15) is 0 Å². The van der Waals surface area contributed by atoms with Gasteiger partial charge in [0.15, 0.2) is 5.96 Å². The van der Waals surface area contributed by atoms with Gasteiger partial charge in [0.05, 0.1) is 5.01 Å². The third-order valence-corrected chi connectivity index (χ3v) is 4.52. The molecule has 132 valence electrons. The van der Waals surface area contributed by atoms with Gasteiger partial charge in [-0.15, -0.1) is 11.3 Å². The van der Waals surface area contributed by atoms with Crippen LogP contribution in [0.1, 0.15) is 43.0 Å². The molecule has 2 N–H and O–H groups in total. The van der Waals surface area contributed by atoms with Crippen molar-refractivity contribution in [2.75, 3.05) is 39.8 Å². The molecule has 0 aromatic carbocycles. The molecule has 0 amide bonds. The molecule has 0 aliphatic carbocycles. The van der Waals surface area contributed by atoms with Crippen molar-refractivity contribution in [3.8, 4) is 0 Å². The molecule has 23 heavy (non-hydrogen) atoms. The summed E-state index contributed by atoms with van der Waals surface area (Å²) in [4.78, 5) is 12.5. The SMILES string of the molecule is CCCN(CCC)CCCNC(=NC)NCCc1ncc(C)s1. The van der Waals surface area contributed by atoms with Gasteiger partial charge in [-0.3, -0.25) is 4.99 Å². The third-order valence-electron chi connectivity index (χ3n) is 3.55. The highest BCUT2D eigenvalue weighted by Crippen LogP contribution is 2.10. The Balaban J connectivity index is 2.15. The average Bonchev–Trinajstić information content (AvgIpc) is 2.95. The molecule has 6 heteroatoms. The second kappa shape index (κ2) is 12.3. The highest BCUT2D eigenvalue weighted by atomic mass is 32.1. The Hall–Kier alpha value is -1.14. The lowest BCUT2D eigenvalue weighted by atomic mass is 10.3. The van der Waals surface area contributed by atoms with Gasteiger partial charge in [-0.2, -0.15) is 0 Å². The highest BCUT2D eigenvalue weighted by molar-refractivity contribution is 7.11. The van der Waals surface area contributed by atoms with E-state index in [2.05, 4.69) is 46.3 Å². The van der Waals surface area contributed by atoms with Crippen LogP contribution in [0.25, 0.3) is 0 Å². The number of nitrogens with one attached hydrogen (secondary N) is 2. The molecule has 0 bridgehead atoms. The molecule has 5 nitrogen and oxygen atoms in total. The lowest BCUT2D eigenvalue weighted by molar-refractivity contribution is 0.271. The summed E-state index contributed by atoms with van der Waals surface area (Å²) in [5.41, 5.74) is 0. The monoisotopic (exact) mass is 339 g/mol. The van der Waals surface area contributed by atoms with Crippen LogP contribution in [0.3, 0.4) is 0 Å². The minimum absolute atomic E-state index is 0.865. The highest BCUT2D eigenvalue weighted by Gasteiger charge is 2.03. The zero-order valence-corrected chi connectivity index (χ0v) is 16.0. The van der Waals surface area contributed by atoms with Crippen LogP contribution < -0.4 is 10.6 Å². The van der Waals surface area contributed by atoms with Gasteiger partial charge in [0.25, 0.3) is 0 Å². The summed E-state index contributed by atoms with van der Waals surface area (Å²) in [5.74, 6) is 0.885. The van der Waals surface area contributed by atoms with Gasteiger partial charge in [0, 0.05) is 37.6 Å². The number of hydrogen-bond acceptors (Lipinski definition) is 4. The summed E-state index contributed by atoms with van der Waals surface area (Å²) in [6, 6.07) is 0. The lowest BCUT2D eigenvalue weighted by Crippen LogP contribution is -2.39. The van der Waals surface area contributed by atoms with Gasteiger partial charge in [-0.05, 0) is 45.8 Å². The molecule has 0 aliphatic heterocycles. The van der Waals surface area contributed by atoms with E-state index < -0.39 is 0 Å². The second-order valence-corrected chi connectivity index (χ2v) is 7.05. The summed E-state index contributed by atoms with van der Waals surface area (Å²) >= 11 is 1.76. The van der Waals surface area contributed by atoms with Crippen molar-refractivity contribution >= 4 is 17.3 Å². The van der Waals surface area contributed by atoms with Crippen LogP contribution in [-0.4, -0.2) is 55.6 Å². The van der Waals surface area contributed by atoms with Crippen LogP contribution in [0, 0.1) is 6.92 Å². The number of rotatable bonds is 11. The van der Waals surface area contributed by atoms with E-state index in [-0.39, 0.29) is 0 Å². The molecular formula is C17H33N5S. The van der Waals surface area contributed by atoms with E-state index in [0.29, 0.717) is 0 Å². The Morgan fingerprint density at radius 2 is 1.87 bits per heavy atom. The maximum Gasteiger partial charge on any atom is 0.190 e. The first-order valence-electron chi connectivity index (χ1n) is 8.77. The fourth-order valence-corrected chi connectivity index (χ4v) is 3.29. The molecule has 0 saturated heterocycles. The Kier molecular flexibility index (Phi) is 10.6. The third kappa shape index (κ3) is 8.91. The number of aromatic nitrogens is 1. The number of nitrogens with zero attached hydrogens (tertiary/aromatic N) is 3. The van der Waals surface area contributed by atoms with Crippen molar-refractivity contribution in [3.63, 3.8) is 0 Å². The molecule has 0 aliphatic rings. The Labute approximate surface area is 145 Å². The van der Waals surface area contributed by atoms with Crippen molar-refractivity contribution in [3.05, 3.63) is 16.1 Å². The molecule has 1 aromatic rings. The molecule has 0 saturated carbocycles. The number of aryl methyl sites for hydroxylation is 1. The van der Waals surface area contributed by atoms with Gasteiger partial charge in [0.1, 0.15) is 0 Å². The van der Waals surface area contributed by atoms with Crippen molar-refractivity contribution in [2.24, 2.45) is 4.99 Å². The van der Waals surface area contributed by atoms with Gasteiger partial charge in [-0.25, -0.2) is 4.98 Å².